The third-order valence-corrected chi connectivity index (χ3v) is 5.39. The maximum atomic E-state index is 12.6. The average Bonchev–Trinajstić information content (AvgIpc) is 3.08. The molecule has 3 rings (SSSR count). The first kappa shape index (κ1) is 16.8. The largest absolute Gasteiger partial charge is 0.272 e. The van der Waals surface area contributed by atoms with Crippen LogP contribution >= 0.6 is 27.3 Å². The van der Waals surface area contributed by atoms with E-state index in [1.165, 1.54) is 0 Å². The summed E-state index contributed by atoms with van der Waals surface area (Å²) in [6.07, 6.45) is 0. The summed E-state index contributed by atoms with van der Waals surface area (Å²) < 4.78 is 2.69. The zero-order valence-corrected chi connectivity index (χ0v) is 16.1. The molecule has 3 heterocycles. The van der Waals surface area contributed by atoms with Crippen LogP contribution in [0.3, 0.4) is 0 Å². The predicted octanol–water partition coefficient (Wildman–Crippen LogP) is 3.56. The topological polar surface area (TPSA) is 72.2 Å². The number of nitrogens with zero attached hydrogens (tertiary/aromatic N) is 4. The van der Waals surface area contributed by atoms with Crippen LogP contribution < -0.4 is 5.43 Å². The van der Waals surface area contributed by atoms with Crippen molar-refractivity contribution in [3.05, 3.63) is 43.8 Å². The maximum absolute atomic E-state index is 12.6. The van der Waals surface area contributed by atoms with E-state index in [0.29, 0.717) is 11.2 Å². The number of carbonyl (C=O) groups is 1. The molecule has 0 saturated carbocycles. The molecule has 0 aliphatic heterocycles. The van der Waals surface area contributed by atoms with Gasteiger partial charge in [-0.1, -0.05) is 0 Å². The van der Waals surface area contributed by atoms with E-state index in [1.54, 1.807) is 22.1 Å². The van der Waals surface area contributed by atoms with Gasteiger partial charge in [0.2, 0.25) is 0 Å². The highest BCUT2D eigenvalue weighted by Crippen LogP contribution is 2.22. The Morgan fingerprint density at radius 3 is 2.79 bits per heavy atom. The number of halogens is 1. The minimum Gasteiger partial charge on any atom is -0.267 e. The predicted molar refractivity (Wildman–Crippen MR) is 99.7 cm³/mol. The van der Waals surface area contributed by atoms with Crippen LogP contribution in [0.4, 0.5) is 0 Å². The van der Waals surface area contributed by atoms with E-state index in [4.69, 9.17) is 0 Å². The van der Waals surface area contributed by atoms with Crippen molar-refractivity contribution in [2.75, 3.05) is 0 Å². The highest BCUT2D eigenvalue weighted by molar-refractivity contribution is 9.10. The molecule has 0 radical (unpaired) electrons. The first-order valence-electron chi connectivity index (χ1n) is 7.27. The Balaban J connectivity index is 1.94. The molecule has 0 aromatic carbocycles. The Hall–Kier alpha value is -2.06. The van der Waals surface area contributed by atoms with E-state index >= 15 is 0 Å². The second-order valence-corrected chi connectivity index (χ2v) is 7.31. The second-order valence-electron chi connectivity index (χ2n) is 5.49. The molecule has 3 aromatic rings. The van der Waals surface area contributed by atoms with Crippen molar-refractivity contribution in [1.82, 2.24) is 20.2 Å². The molecule has 0 spiro atoms. The molecule has 0 atom stereocenters. The molecule has 0 unspecified atom stereocenters. The standard InChI is InChI=1S/C16H16BrN5OS/c1-8-5-12(14-10(3)21-22(4)15(14)18-8)16(23)20-19-9(2)13-6-11(17)7-24-13/h5-7H,1-4H3,(H,20,23)/b19-9+. The third-order valence-electron chi connectivity index (χ3n) is 3.59. The van der Waals surface area contributed by atoms with E-state index in [1.807, 2.05) is 39.3 Å². The van der Waals surface area contributed by atoms with E-state index < -0.39 is 0 Å². The summed E-state index contributed by atoms with van der Waals surface area (Å²) in [5.41, 5.74) is 6.15. The first-order chi connectivity index (χ1) is 11.4. The number of aryl methyl sites for hydroxylation is 3. The molecule has 24 heavy (non-hydrogen) atoms. The number of carbonyl (C=O) groups excluding carboxylic acids is 1. The minimum atomic E-state index is -0.267. The Bertz CT molecular complexity index is 972. The van der Waals surface area contributed by atoms with Gasteiger partial charge in [-0.15, -0.1) is 11.3 Å². The molecule has 0 fully saturated rings. The average molecular weight is 406 g/mol. The number of fused-ring (bicyclic) bond motifs is 1. The number of nitrogens with one attached hydrogen (secondary N) is 1. The second kappa shape index (κ2) is 6.45. The molecule has 1 amide bonds. The Morgan fingerprint density at radius 2 is 2.12 bits per heavy atom. The molecule has 0 saturated heterocycles. The highest BCUT2D eigenvalue weighted by Gasteiger charge is 2.17. The zero-order chi connectivity index (χ0) is 17.4. The first-order valence-corrected chi connectivity index (χ1v) is 8.94. The molecule has 0 aliphatic carbocycles. The van der Waals surface area contributed by atoms with Crippen molar-refractivity contribution in [3.63, 3.8) is 0 Å². The van der Waals surface area contributed by atoms with Gasteiger partial charge in [-0.2, -0.15) is 10.2 Å². The molecular weight excluding hydrogens is 390 g/mol. The SMILES string of the molecule is C/C(=N\NC(=O)c1cc(C)nc2c1c(C)nn2C)c1cc(Br)cs1. The van der Waals surface area contributed by atoms with Gasteiger partial charge in [0.1, 0.15) is 0 Å². The van der Waals surface area contributed by atoms with Gasteiger partial charge < -0.3 is 0 Å². The monoisotopic (exact) mass is 405 g/mol. The van der Waals surface area contributed by atoms with Crippen LogP contribution in [-0.4, -0.2) is 26.4 Å². The van der Waals surface area contributed by atoms with Crippen molar-refractivity contribution in [1.29, 1.82) is 0 Å². The summed E-state index contributed by atoms with van der Waals surface area (Å²) in [7, 11) is 1.82. The normalized spacial score (nSPS) is 12.0. The third kappa shape index (κ3) is 3.11. The van der Waals surface area contributed by atoms with Crippen LogP contribution in [0.2, 0.25) is 0 Å². The van der Waals surface area contributed by atoms with Gasteiger partial charge in [0, 0.05) is 22.6 Å². The lowest BCUT2D eigenvalue weighted by atomic mass is 10.1. The number of rotatable bonds is 3. The van der Waals surface area contributed by atoms with Crippen molar-refractivity contribution < 1.29 is 4.79 Å². The number of pyridine rings is 1. The van der Waals surface area contributed by atoms with Gasteiger partial charge in [-0.25, -0.2) is 10.4 Å². The van der Waals surface area contributed by atoms with Crippen molar-refractivity contribution in [2.45, 2.75) is 20.8 Å². The van der Waals surface area contributed by atoms with Gasteiger partial charge in [-0.05, 0) is 48.8 Å². The zero-order valence-electron chi connectivity index (χ0n) is 13.7. The number of hydrogen-bond donors (Lipinski definition) is 1. The fourth-order valence-corrected chi connectivity index (χ4v) is 3.88. The molecular formula is C16H16BrN5OS. The molecule has 0 aliphatic rings. The van der Waals surface area contributed by atoms with Crippen molar-refractivity contribution in [3.8, 4) is 0 Å². The Labute approximate surface area is 151 Å². The lowest BCUT2D eigenvalue weighted by Gasteiger charge is -2.05. The van der Waals surface area contributed by atoms with E-state index in [2.05, 4.69) is 36.5 Å². The van der Waals surface area contributed by atoms with Gasteiger partial charge in [0.05, 0.1) is 27.2 Å². The van der Waals surface area contributed by atoms with Gasteiger partial charge in [0.15, 0.2) is 5.65 Å². The molecule has 6 nitrogen and oxygen atoms in total. The summed E-state index contributed by atoms with van der Waals surface area (Å²) >= 11 is 4.98. The molecule has 3 aromatic heterocycles. The molecule has 1 N–H and O–H groups in total. The highest BCUT2D eigenvalue weighted by atomic mass is 79.9. The van der Waals surface area contributed by atoms with Gasteiger partial charge in [0.25, 0.3) is 5.91 Å². The summed E-state index contributed by atoms with van der Waals surface area (Å²) in [6, 6.07) is 3.73. The van der Waals surface area contributed by atoms with Crippen LogP contribution in [-0.2, 0) is 7.05 Å². The lowest BCUT2D eigenvalue weighted by Crippen LogP contribution is -2.20. The summed E-state index contributed by atoms with van der Waals surface area (Å²) in [6.45, 7) is 5.59. The Morgan fingerprint density at radius 1 is 1.38 bits per heavy atom. The Kier molecular flexibility index (Phi) is 4.51. The maximum Gasteiger partial charge on any atom is 0.272 e. The number of hydrazone groups is 1. The quantitative estimate of drug-likeness (QED) is 0.534. The van der Waals surface area contributed by atoms with E-state index in [-0.39, 0.29) is 5.91 Å². The number of aromatic nitrogens is 3. The van der Waals surface area contributed by atoms with Crippen LogP contribution in [0.5, 0.6) is 0 Å². The summed E-state index contributed by atoms with van der Waals surface area (Å²) in [5.74, 6) is -0.267. The lowest BCUT2D eigenvalue weighted by molar-refractivity contribution is 0.0956. The fourth-order valence-electron chi connectivity index (χ4n) is 2.50. The molecule has 8 heteroatoms. The summed E-state index contributed by atoms with van der Waals surface area (Å²) in [5, 5.41) is 11.3. The van der Waals surface area contributed by atoms with Crippen LogP contribution in [0, 0.1) is 13.8 Å². The van der Waals surface area contributed by atoms with Gasteiger partial charge in [-0.3, -0.25) is 9.48 Å². The fraction of sp³-hybridized carbons (Fsp3) is 0.250. The van der Waals surface area contributed by atoms with Crippen LogP contribution in [0.15, 0.2) is 27.1 Å². The number of hydrogen-bond acceptors (Lipinski definition) is 5. The van der Waals surface area contributed by atoms with Crippen LogP contribution in [0.1, 0.15) is 33.5 Å². The summed E-state index contributed by atoms with van der Waals surface area (Å²) in [4.78, 5) is 18.1. The number of amides is 1. The minimum absolute atomic E-state index is 0.267. The molecule has 124 valence electrons. The van der Waals surface area contributed by atoms with Crippen LogP contribution in [0.25, 0.3) is 11.0 Å². The smallest absolute Gasteiger partial charge is 0.267 e. The number of thiophene rings is 1. The van der Waals surface area contributed by atoms with Crippen molar-refractivity contribution >= 4 is 49.9 Å². The molecule has 0 bridgehead atoms. The van der Waals surface area contributed by atoms with E-state index in [9.17, 15) is 4.79 Å². The van der Waals surface area contributed by atoms with E-state index in [0.717, 1.165) is 31.8 Å². The van der Waals surface area contributed by atoms with Gasteiger partial charge >= 0.3 is 0 Å². The van der Waals surface area contributed by atoms with Crippen molar-refractivity contribution in [2.24, 2.45) is 12.1 Å².